The predicted octanol–water partition coefficient (Wildman–Crippen LogP) is 14.2. The molecule has 0 spiro atoms. The molecule has 0 radical (unpaired) electrons. The van der Waals surface area contributed by atoms with E-state index in [4.69, 9.17) is 14.2 Å². The Morgan fingerprint density at radius 3 is 1.38 bits per heavy atom. The zero-order valence-corrected chi connectivity index (χ0v) is 39.3. The predicted molar refractivity (Wildman–Crippen MR) is 248 cm³/mol. The lowest BCUT2D eigenvalue weighted by Gasteiger charge is -2.28. The molecule has 0 aromatic carbocycles. The molecule has 0 saturated carbocycles. The van der Waals surface area contributed by atoms with Crippen LogP contribution in [0, 0.1) is 0 Å². The summed E-state index contributed by atoms with van der Waals surface area (Å²) in [7, 11) is 0. The van der Waals surface area contributed by atoms with Crippen molar-refractivity contribution in [2.75, 3.05) is 59.1 Å². The van der Waals surface area contributed by atoms with Crippen molar-refractivity contribution in [3.63, 3.8) is 0 Å². The van der Waals surface area contributed by atoms with Gasteiger partial charge in [0.05, 0.1) is 19.8 Å². The quantitative estimate of drug-likeness (QED) is 0.0448. The van der Waals surface area contributed by atoms with E-state index in [0.29, 0.717) is 19.4 Å². The largest absolute Gasteiger partial charge is 0.466 e. The minimum atomic E-state index is -0.00261. The van der Waals surface area contributed by atoms with Gasteiger partial charge in [0.2, 0.25) is 0 Å². The number of carbonyl (C=O) groups is 2. The first-order chi connectivity index (χ1) is 28.6. The fraction of sp³-hybridized carbons (Fsp3) is 0.961. The number of hydrogen-bond donors (Lipinski definition) is 0. The molecule has 1 rings (SSSR count). The summed E-state index contributed by atoms with van der Waals surface area (Å²) in [6, 6.07) is 0. The lowest BCUT2D eigenvalue weighted by molar-refractivity contribution is -0.150. The Hall–Kier alpha value is -1.18. The zero-order chi connectivity index (χ0) is 41.8. The summed E-state index contributed by atoms with van der Waals surface area (Å²) < 4.78 is 17.1. The Bertz CT molecular complexity index is 850. The van der Waals surface area contributed by atoms with Crippen molar-refractivity contribution in [1.29, 1.82) is 0 Å². The van der Waals surface area contributed by atoms with Crippen LogP contribution in [0.25, 0.3) is 0 Å². The second-order valence-corrected chi connectivity index (χ2v) is 18.0. The number of morpholine rings is 1. The van der Waals surface area contributed by atoms with Gasteiger partial charge in [0.25, 0.3) is 0 Å². The highest BCUT2D eigenvalue weighted by Crippen LogP contribution is 2.19. The first-order valence-electron chi connectivity index (χ1n) is 26.0. The average Bonchev–Trinajstić information content (AvgIpc) is 3.23. The third kappa shape index (κ3) is 37.8. The van der Waals surface area contributed by atoms with Gasteiger partial charge in [-0.3, -0.25) is 14.5 Å². The van der Waals surface area contributed by atoms with E-state index in [-0.39, 0.29) is 18.0 Å². The van der Waals surface area contributed by atoms with Crippen LogP contribution < -0.4 is 0 Å². The van der Waals surface area contributed by atoms with Gasteiger partial charge in [-0.2, -0.15) is 0 Å². The fourth-order valence-corrected chi connectivity index (χ4v) is 8.43. The topological polar surface area (TPSA) is 68.3 Å². The third-order valence-corrected chi connectivity index (χ3v) is 12.3. The molecule has 1 aliphatic heterocycles. The molecule has 7 heteroatoms. The zero-order valence-electron chi connectivity index (χ0n) is 39.3. The van der Waals surface area contributed by atoms with Gasteiger partial charge < -0.3 is 19.1 Å². The van der Waals surface area contributed by atoms with Crippen molar-refractivity contribution in [2.45, 2.75) is 258 Å². The van der Waals surface area contributed by atoms with Gasteiger partial charge in [-0.15, -0.1) is 0 Å². The van der Waals surface area contributed by atoms with Crippen molar-refractivity contribution in [3.05, 3.63) is 0 Å². The first-order valence-corrected chi connectivity index (χ1v) is 26.0. The maximum Gasteiger partial charge on any atom is 0.306 e. The minimum Gasteiger partial charge on any atom is -0.466 e. The highest BCUT2D eigenvalue weighted by Gasteiger charge is 2.15. The van der Waals surface area contributed by atoms with Gasteiger partial charge in [0.1, 0.15) is 6.10 Å². The van der Waals surface area contributed by atoms with Crippen LogP contribution >= 0.6 is 0 Å². The highest BCUT2D eigenvalue weighted by atomic mass is 16.5. The van der Waals surface area contributed by atoms with E-state index in [9.17, 15) is 9.59 Å². The lowest BCUT2D eigenvalue weighted by atomic mass is 10.0. The van der Waals surface area contributed by atoms with Crippen LogP contribution in [0.3, 0.4) is 0 Å². The second-order valence-electron chi connectivity index (χ2n) is 18.0. The molecule has 0 amide bonds. The summed E-state index contributed by atoms with van der Waals surface area (Å²) >= 11 is 0. The van der Waals surface area contributed by atoms with Crippen LogP contribution in [-0.4, -0.2) is 86.9 Å². The molecule has 1 aliphatic rings. The van der Waals surface area contributed by atoms with E-state index in [1.165, 1.54) is 200 Å². The molecule has 0 aromatic rings. The molecule has 0 bridgehead atoms. The van der Waals surface area contributed by atoms with Crippen molar-refractivity contribution >= 4 is 11.9 Å². The van der Waals surface area contributed by atoms with E-state index in [2.05, 4.69) is 30.6 Å². The number of hydrogen-bond acceptors (Lipinski definition) is 7. The van der Waals surface area contributed by atoms with E-state index in [1.54, 1.807) is 0 Å². The SMILES string of the molecule is CCCCCCCCCCCOC(=O)CCCCCCCN(CCCCCCCC(=O)OC(CCCCCCCC)CCCCCCCC)CCCN1CCOCC1. The van der Waals surface area contributed by atoms with Crippen LogP contribution in [0.1, 0.15) is 252 Å². The molecule has 1 heterocycles. The van der Waals surface area contributed by atoms with E-state index >= 15 is 0 Å². The van der Waals surface area contributed by atoms with Crippen molar-refractivity contribution in [2.24, 2.45) is 0 Å². The number of ether oxygens (including phenoxy) is 3. The summed E-state index contributed by atoms with van der Waals surface area (Å²) in [5.41, 5.74) is 0. The number of unbranched alkanes of at least 4 members (excludes halogenated alkanes) is 26. The maximum absolute atomic E-state index is 12.9. The highest BCUT2D eigenvalue weighted by molar-refractivity contribution is 5.69. The molecular weight excluding hydrogens is 721 g/mol. The van der Waals surface area contributed by atoms with Crippen LogP contribution in [-0.2, 0) is 23.8 Å². The van der Waals surface area contributed by atoms with Crippen LogP contribution in [0.2, 0.25) is 0 Å². The smallest absolute Gasteiger partial charge is 0.306 e. The molecule has 0 N–H and O–H groups in total. The standard InChI is InChI=1S/C51H100N2O5/c1-4-7-10-13-16-17-18-27-34-46-57-50(54)38-30-23-19-25-32-40-52(42-35-43-53-44-47-56-48-45-53)41-33-26-20-24-31-39-51(55)58-49(36-28-21-14-11-8-5-2)37-29-22-15-12-9-6-3/h49H,4-48H2,1-3H3. The molecule has 0 unspecified atom stereocenters. The molecule has 1 saturated heterocycles. The van der Waals surface area contributed by atoms with Crippen molar-refractivity contribution < 1.29 is 23.8 Å². The molecular formula is C51H100N2O5. The number of nitrogens with zero attached hydrogens (tertiary/aromatic N) is 2. The summed E-state index contributed by atoms with van der Waals surface area (Å²) in [6.45, 7) is 16.0. The Morgan fingerprint density at radius 2 is 0.879 bits per heavy atom. The van der Waals surface area contributed by atoms with Gasteiger partial charge >= 0.3 is 11.9 Å². The van der Waals surface area contributed by atoms with Crippen LogP contribution in [0.5, 0.6) is 0 Å². The fourth-order valence-electron chi connectivity index (χ4n) is 8.43. The lowest BCUT2D eigenvalue weighted by Crippen LogP contribution is -2.38. The molecule has 1 fully saturated rings. The molecule has 58 heavy (non-hydrogen) atoms. The molecule has 0 aromatic heterocycles. The van der Waals surface area contributed by atoms with Crippen molar-refractivity contribution in [1.82, 2.24) is 9.80 Å². The van der Waals surface area contributed by atoms with E-state index in [0.717, 1.165) is 71.2 Å². The number of rotatable bonds is 45. The summed E-state index contributed by atoms with van der Waals surface area (Å²) in [6.07, 6.45) is 43.2. The van der Waals surface area contributed by atoms with E-state index in [1.807, 2.05) is 0 Å². The first kappa shape index (κ1) is 54.8. The molecule has 7 nitrogen and oxygen atoms in total. The Kier molecular flexibility index (Phi) is 41.5. The van der Waals surface area contributed by atoms with Crippen molar-refractivity contribution in [3.8, 4) is 0 Å². The van der Waals surface area contributed by atoms with Gasteiger partial charge in [-0.05, 0) is 90.4 Å². The number of esters is 2. The third-order valence-electron chi connectivity index (χ3n) is 12.3. The van der Waals surface area contributed by atoms with Gasteiger partial charge in [-0.1, -0.05) is 175 Å². The minimum absolute atomic E-state index is 0.00261. The van der Waals surface area contributed by atoms with Gasteiger partial charge in [-0.25, -0.2) is 0 Å². The monoisotopic (exact) mass is 821 g/mol. The van der Waals surface area contributed by atoms with Gasteiger partial charge in [0.15, 0.2) is 0 Å². The van der Waals surface area contributed by atoms with Crippen LogP contribution in [0.4, 0.5) is 0 Å². The Morgan fingerprint density at radius 1 is 0.483 bits per heavy atom. The summed E-state index contributed by atoms with van der Waals surface area (Å²) in [5.74, 6) is 0.0369. The molecule has 0 aliphatic carbocycles. The Labute approximate surface area is 361 Å². The van der Waals surface area contributed by atoms with Gasteiger partial charge in [0, 0.05) is 25.9 Å². The summed E-state index contributed by atoms with van der Waals surface area (Å²) in [4.78, 5) is 30.3. The Balaban J connectivity index is 2.24. The average molecular weight is 821 g/mol. The molecule has 0 atom stereocenters. The number of carbonyl (C=O) groups excluding carboxylic acids is 2. The molecule has 344 valence electrons. The second kappa shape index (κ2) is 43.9. The maximum atomic E-state index is 12.9. The summed E-state index contributed by atoms with van der Waals surface area (Å²) in [5, 5.41) is 0. The normalized spacial score (nSPS) is 13.5. The van der Waals surface area contributed by atoms with E-state index < -0.39 is 0 Å². The van der Waals surface area contributed by atoms with Crippen LogP contribution in [0.15, 0.2) is 0 Å².